The molecular formula is C18H17N7O3. The minimum absolute atomic E-state index is 0.237. The molecule has 4 aromatic rings. The van der Waals surface area contributed by atoms with Crippen LogP contribution in [0.1, 0.15) is 10.5 Å². The lowest BCUT2D eigenvalue weighted by Crippen LogP contribution is -2.37. The Kier molecular flexibility index (Phi) is 3.95. The molecule has 0 saturated heterocycles. The third-order valence-corrected chi connectivity index (χ3v) is 4.57. The van der Waals surface area contributed by atoms with E-state index in [1.54, 1.807) is 44.7 Å². The summed E-state index contributed by atoms with van der Waals surface area (Å²) in [6.45, 7) is 0. The van der Waals surface area contributed by atoms with Gasteiger partial charge in [-0.1, -0.05) is 6.07 Å². The van der Waals surface area contributed by atoms with Crippen molar-refractivity contribution in [3.63, 3.8) is 0 Å². The molecule has 142 valence electrons. The van der Waals surface area contributed by atoms with Gasteiger partial charge in [-0.15, -0.1) is 5.10 Å². The third-order valence-electron chi connectivity index (χ3n) is 4.57. The van der Waals surface area contributed by atoms with Gasteiger partial charge in [-0.3, -0.25) is 18.7 Å². The number of anilines is 1. The summed E-state index contributed by atoms with van der Waals surface area (Å²) in [5.41, 5.74) is -0.301. The summed E-state index contributed by atoms with van der Waals surface area (Å²) in [5, 5.41) is 7.28. The highest BCUT2D eigenvalue weighted by atomic mass is 16.2. The number of carbonyl (C=O) groups excluding carboxylic acids is 1. The summed E-state index contributed by atoms with van der Waals surface area (Å²) < 4.78 is 5.40. The number of hydrogen-bond acceptors (Lipinski definition) is 5. The molecule has 0 bridgehead atoms. The van der Waals surface area contributed by atoms with Crippen molar-refractivity contribution >= 4 is 22.8 Å². The largest absolute Gasteiger partial charge is 0.332 e. The van der Waals surface area contributed by atoms with E-state index in [2.05, 4.69) is 15.4 Å². The smallest absolute Gasteiger partial charge is 0.325 e. The number of aromatic nitrogens is 6. The highest BCUT2D eigenvalue weighted by molar-refractivity contribution is 6.05. The van der Waals surface area contributed by atoms with Gasteiger partial charge >= 0.3 is 5.69 Å². The predicted molar refractivity (Wildman–Crippen MR) is 103 cm³/mol. The second-order valence-corrected chi connectivity index (χ2v) is 6.32. The molecule has 4 rings (SSSR count). The number of carbonyl (C=O) groups is 1. The highest BCUT2D eigenvalue weighted by Crippen LogP contribution is 2.16. The van der Waals surface area contributed by atoms with Crippen molar-refractivity contribution in [2.75, 3.05) is 5.32 Å². The van der Waals surface area contributed by atoms with Gasteiger partial charge in [0.15, 0.2) is 11.6 Å². The van der Waals surface area contributed by atoms with Gasteiger partial charge in [-0.2, -0.15) is 0 Å². The number of hydrogen-bond donors (Lipinski definition) is 1. The van der Waals surface area contributed by atoms with Gasteiger partial charge in [0.2, 0.25) is 0 Å². The molecule has 4 heterocycles. The maximum absolute atomic E-state index is 12.7. The van der Waals surface area contributed by atoms with Crippen molar-refractivity contribution in [2.24, 2.45) is 21.1 Å². The molecule has 28 heavy (non-hydrogen) atoms. The molecule has 0 spiro atoms. The van der Waals surface area contributed by atoms with Crippen LogP contribution in [0.2, 0.25) is 0 Å². The van der Waals surface area contributed by atoms with Crippen molar-refractivity contribution < 1.29 is 4.79 Å². The standard InChI is InChI=1S/C18H17N7O3/c1-22-12(10-11-16(22)23(2)18(28)24(3)17(11)27)15(26)20-13-7-9-25(21-13)14-6-4-5-8-19-14/h4-10H,1-3H3,(H,20,21,26). The molecule has 0 aromatic carbocycles. The fraction of sp³-hybridized carbons (Fsp3) is 0.167. The molecule has 1 amide bonds. The molecule has 0 aliphatic carbocycles. The lowest BCUT2D eigenvalue weighted by Gasteiger charge is -2.07. The number of fused-ring (bicyclic) bond motifs is 1. The summed E-state index contributed by atoms with van der Waals surface area (Å²) >= 11 is 0. The Morgan fingerprint density at radius 1 is 1.04 bits per heavy atom. The lowest BCUT2D eigenvalue weighted by molar-refractivity contribution is 0.101. The summed E-state index contributed by atoms with van der Waals surface area (Å²) in [6.07, 6.45) is 3.33. The predicted octanol–water partition coefficient (Wildman–Crippen LogP) is 0.409. The van der Waals surface area contributed by atoms with E-state index in [0.717, 1.165) is 4.57 Å². The Morgan fingerprint density at radius 3 is 2.54 bits per heavy atom. The van der Waals surface area contributed by atoms with Gasteiger partial charge < -0.3 is 9.88 Å². The number of aryl methyl sites for hydroxylation is 2. The van der Waals surface area contributed by atoms with Crippen LogP contribution in [-0.2, 0) is 21.1 Å². The zero-order valence-corrected chi connectivity index (χ0v) is 15.4. The average Bonchev–Trinajstić information content (AvgIpc) is 3.30. The van der Waals surface area contributed by atoms with Crippen molar-refractivity contribution in [1.82, 2.24) is 28.5 Å². The molecule has 0 saturated carbocycles. The molecule has 4 aromatic heterocycles. The third kappa shape index (κ3) is 2.62. The van der Waals surface area contributed by atoms with Crippen LogP contribution in [0.15, 0.2) is 52.3 Å². The molecule has 0 fully saturated rings. The second-order valence-electron chi connectivity index (χ2n) is 6.32. The fourth-order valence-corrected chi connectivity index (χ4v) is 3.14. The molecule has 0 aliphatic heterocycles. The molecule has 0 unspecified atom stereocenters. The molecule has 0 atom stereocenters. The van der Waals surface area contributed by atoms with E-state index in [1.165, 1.54) is 26.9 Å². The van der Waals surface area contributed by atoms with Crippen LogP contribution in [0.3, 0.4) is 0 Å². The second kappa shape index (κ2) is 6.34. The Hall–Kier alpha value is -3.95. The number of amides is 1. The Balaban J connectivity index is 1.71. The first-order valence-electron chi connectivity index (χ1n) is 8.42. The highest BCUT2D eigenvalue weighted by Gasteiger charge is 2.20. The monoisotopic (exact) mass is 379 g/mol. The normalized spacial score (nSPS) is 11.1. The van der Waals surface area contributed by atoms with Gasteiger partial charge in [0, 0.05) is 39.6 Å². The van der Waals surface area contributed by atoms with Gasteiger partial charge in [0.1, 0.15) is 11.3 Å². The molecule has 0 radical (unpaired) electrons. The Labute approximate surface area is 158 Å². The molecular weight excluding hydrogens is 362 g/mol. The maximum Gasteiger partial charge on any atom is 0.332 e. The zero-order valence-electron chi connectivity index (χ0n) is 15.4. The van der Waals surface area contributed by atoms with Gasteiger partial charge in [-0.05, 0) is 18.2 Å². The van der Waals surface area contributed by atoms with Crippen molar-refractivity contribution in [3.05, 3.63) is 69.3 Å². The van der Waals surface area contributed by atoms with E-state index in [9.17, 15) is 14.4 Å². The Bertz CT molecular complexity index is 1330. The molecule has 10 heteroatoms. The number of pyridine rings is 1. The quantitative estimate of drug-likeness (QED) is 0.555. The summed E-state index contributed by atoms with van der Waals surface area (Å²) in [5.74, 6) is 0.508. The van der Waals surface area contributed by atoms with E-state index in [0.29, 0.717) is 17.3 Å². The van der Waals surface area contributed by atoms with Crippen LogP contribution >= 0.6 is 0 Å². The van der Waals surface area contributed by atoms with Gasteiger partial charge in [0.05, 0.1) is 5.39 Å². The summed E-state index contributed by atoms with van der Waals surface area (Å²) in [6, 6.07) is 8.54. The topological polar surface area (TPSA) is 109 Å². The minimum Gasteiger partial charge on any atom is -0.325 e. The van der Waals surface area contributed by atoms with Gasteiger partial charge in [0.25, 0.3) is 11.5 Å². The lowest BCUT2D eigenvalue weighted by atomic mass is 10.3. The van der Waals surface area contributed by atoms with Crippen molar-refractivity contribution in [1.29, 1.82) is 0 Å². The minimum atomic E-state index is -0.459. The number of nitrogens with one attached hydrogen (secondary N) is 1. The van der Waals surface area contributed by atoms with Crippen LogP contribution in [0, 0.1) is 0 Å². The molecule has 10 nitrogen and oxygen atoms in total. The number of rotatable bonds is 3. The first-order chi connectivity index (χ1) is 13.4. The van der Waals surface area contributed by atoms with Crippen LogP contribution < -0.4 is 16.6 Å². The summed E-state index contributed by atoms with van der Waals surface area (Å²) in [4.78, 5) is 41.5. The molecule has 0 aliphatic rings. The van der Waals surface area contributed by atoms with Crippen LogP contribution in [0.4, 0.5) is 5.82 Å². The fourth-order valence-electron chi connectivity index (χ4n) is 3.14. The molecule has 1 N–H and O–H groups in total. The summed E-state index contributed by atoms with van der Waals surface area (Å²) in [7, 11) is 4.59. The van der Waals surface area contributed by atoms with Crippen molar-refractivity contribution in [2.45, 2.75) is 0 Å². The van der Waals surface area contributed by atoms with E-state index in [4.69, 9.17) is 0 Å². The van der Waals surface area contributed by atoms with E-state index in [-0.39, 0.29) is 11.1 Å². The van der Waals surface area contributed by atoms with Gasteiger partial charge in [-0.25, -0.2) is 14.5 Å². The first-order valence-corrected chi connectivity index (χ1v) is 8.42. The maximum atomic E-state index is 12.7. The van der Waals surface area contributed by atoms with E-state index >= 15 is 0 Å². The first kappa shape index (κ1) is 17.5. The average molecular weight is 379 g/mol. The van der Waals surface area contributed by atoms with Crippen LogP contribution in [0.25, 0.3) is 16.9 Å². The number of nitrogens with zero attached hydrogens (tertiary/aromatic N) is 6. The van der Waals surface area contributed by atoms with E-state index in [1.807, 2.05) is 6.07 Å². The zero-order chi connectivity index (χ0) is 20.0. The Morgan fingerprint density at radius 2 is 1.82 bits per heavy atom. The van der Waals surface area contributed by atoms with E-state index < -0.39 is 17.2 Å². The van der Waals surface area contributed by atoms with Crippen LogP contribution in [-0.4, -0.2) is 34.4 Å². The SMILES string of the molecule is Cn1c(=O)c2cc(C(=O)Nc3ccn(-c4ccccn4)n3)n(C)c2n(C)c1=O. The van der Waals surface area contributed by atoms with Crippen LogP contribution in [0.5, 0.6) is 0 Å². The van der Waals surface area contributed by atoms with Crippen molar-refractivity contribution in [3.8, 4) is 5.82 Å².